The van der Waals surface area contributed by atoms with Crippen LogP contribution in [-0.2, 0) is 9.59 Å². The van der Waals surface area contributed by atoms with Crippen LogP contribution >= 0.6 is 0 Å². The Morgan fingerprint density at radius 3 is 2.40 bits per heavy atom. The molecule has 5 heteroatoms. The minimum atomic E-state index is -0.908. The van der Waals surface area contributed by atoms with Crippen molar-refractivity contribution in [3.63, 3.8) is 0 Å². The molecule has 1 saturated carbocycles. The molecule has 1 aromatic carbocycles. The Balaban J connectivity index is 2.07. The van der Waals surface area contributed by atoms with Crippen LogP contribution < -0.4 is 5.32 Å². The number of hydrogen-bond donors (Lipinski definition) is 2. The van der Waals surface area contributed by atoms with Crippen molar-refractivity contribution >= 4 is 17.6 Å². The largest absolute Gasteiger partial charge is 0.481 e. The summed E-state index contributed by atoms with van der Waals surface area (Å²) in [4.78, 5) is 23.4. The summed E-state index contributed by atoms with van der Waals surface area (Å²) in [5, 5.41) is 20.6. The smallest absolute Gasteiger partial charge is 0.307 e. The fourth-order valence-electron chi connectivity index (χ4n) is 2.72. The highest BCUT2D eigenvalue weighted by atomic mass is 16.4. The van der Waals surface area contributed by atoms with E-state index in [2.05, 4.69) is 5.32 Å². The second-order valence-electron chi connectivity index (χ2n) is 5.31. The first-order valence-corrected chi connectivity index (χ1v) is 6.55. The Morgan fingerprint density at radius 2 is 1.85 bits per heavy atom. The second kappa shape index (κ2) is 5.74. The van der Waals surface area contributed by atoms with E-state index in [9.17, 15) is 9.59 Å². The first kappa shape index (κ1) is 14.1. The molecule has 1 aliphatic carbocycles. The summed E-state index contributed by atoms with van der Waals surface area (Å²) in [6.45, 7) is 1.96. The average molecular weight is 272 g/mol. The number of carbonyl (C=O) groups is 2. The zero-order valence-electron chi connectivity index (χ0n) is 11.2. The summed E-state index contributed by atoms with van der Waals surface area (Å²) in [6.07, 6.45) is 1.14. The number of nitrogens with one attached hydrogen (secondary N) is 1. The lowest BCUT2D eigenvalue weighted by Gasteiger charge is -2.15. The zero-order chi connectivity index (χ0) is 14.7. The van der Waals surface area contributed by atoms with Gasteiger partial charge >= 0.3 is 5.97 Å². The van der Waals surface area contributed by atoms with E-state index < -0.39 is 17.8 Å². The Morgan fingerprint density at radius 1 is 1.25 bits per heavy atom. The molecule has 3 atom stereocenters. The molecular weight excluding hydrogens is 256 g/mol. The molecule has 0 aliphatic heterocycles. The van der Waals surface area contributed by atoms with Crippen molar-refractivity contribution in [2.24, 2.45) is 17.8 Å². The molecule has 104 valence electrons. The van der Waals surface area contributed by atoms with Gasteiger partial charge in [-0.1, -0.05) is 6.92 Å². The van der Waals surface area contributed by atoms with E-state index in [4.69, 9.17) is 10.4 Å². The van der Waals surface area contributed by atoms with E-state index in [1.807, 2.05) is 13.0 Å². The number of aliphatic carboxylic acids is 1. The molecule has 1 aromatic rings. The van der Waals surface area contributed by atoms with Crippen LogP contribution in [0.4, 0.5) is 5.69 Å². The van der Waals surface area contributed by atoms with Gasteiger partial charge in [0.2, 0.25) is 5.91 Å². The van der Waals surface area contributed by atoms with E-state index in [1.54, 1.807) is 24.3 Å². The van der Waals surface area contributed by atoms with E-state index >= 15 is 0 Å². The zero-order valence-corrected chi connectivity index (χ0v) is 11.2. The Hall–Kier alpha value is -2.35. The van der Waals surface area contributed by atoms with Crippen molar-refractivity contribution in [3.8, 4) is 6.07 Å². The molecule has 0 bridgehead atoms. The molecule has 1 aliphatic rings. The van der Waals surface area contributed by atoms with Crippen molar-refractivity contribution in [2.45, 2.75) is 19.8 Å². The van der Waals surface area contributed by atoms with E-state index in [0.717, 1.165) is 0 Å². The SMILES string of the molecule is CC1C[C@H](C(=O)Nc2ccc(C#N)cc2)[C@H](C(=O)O)C1. The van der Waals surface area contributed by atoms with Gasteiger partial charge in [-0.05, 0) is 43.0 Å². The molecular formula is C15H16N2O3. The molecule has 2 N–H and O–H groups in total. The summed E-state index contributed by atoms with van der Waals surface area (Å²) in [7, 11) is 0. The molecule has 1 amide bonds. The molecule has 5 nitrogen and oxygen atoms in total. The van der Waals surface area contributed by atoms with E-state index in [-0.39, 0.29) is 11.8 Å². The number of carbonyl (C=O) groups excluding carboxylic acids is 1. The third-order valence-corrected chi connectivity index (χ3v) is 3.73. The summed E-state index contributed by atoms with van der Waals surface area (Å²) in [5.74, 6) is -2.02. The van der Waals surface area contributed by atoms with Gasteiger partial charge < -0.3 is 10.4 Å². The van der Waals surface area contributed by atoms with Crippen LogP contribution in [0.2, 0.25) is 0 Å². The highest BCUT2D eigenvalue weighted by Crippen LogP contribution is 2.37. The number of nitrogens with zero attached hydrogens (tertiary/aromatic N) is 1. The molecule has 0 saturated heterocycles. The molecule has 20 heavy (non-hydrogen) atoms. The number of nitriles is 1. The summed E-state index contributed by atoms with van der Waals surface area (Å²) in [6, 6.07) is 8.51. The molecule has 0 spiro atoms. The van der Waals surface area contributed by atoms with Crippen molar-refractivity contribution in [1.82, 2.24) is 0 Å². The van der Waals surface area contributed by atoms with Crippen LogP contribution in [0.15, 0.2) is 24.3 Å². The van der Waals surface area contributed by atoms with Gasteiger partial charge in [0.05, 0.1) is 23.5 Å². The number of benzene rings is 1. The van der Waals surface area contributed by atoms with Gasteiger partial charge in [0.15, 0.2) is 0 Å². The van der Waals surface area contributed by atoms with Crippen LogP contribution in [-0.4, -0.2) is 17.0 Å². The number of hydrogen-bond acceptors (Lipinski definition) is 3. The van der Waals surface area contributed by atoms with Gasteiger partial charge in [0, 0.05) is 5.69 Å². The van der Waals surface area contributed by atoms with Gasteiger partial charge in [0.1, 0.15) is 0 Å². The predicted molar refractivity (Wildman–Crippen MR) is 72.8 cm³/mol. The summed E-state index contributed by atoms with van der Waals surface area (Å²) < 4.78 is 0. The number of carboxylic acids is 1. The molecule has 0 heterocycles. The lowest BCUT2D eigenvalue weighted by molar-refractivity contribution is -0.145. The Labute approximate surface area is 117 Å². The summed E-state index contributed by atoms with van der Waals surface area (Å²) in [5.41, 5.74) is 1.10. The maximum atomic E-state index is 12.2. The molecule has 0 radical (unpaired) electrons. The molecule has 1 unspecified atom stereocenters. The second-order valence-corrected chi connectivity index (χ2v) is 5.31. The minimum absolute atomic E-state index is 0.243. The lowest BCUT2D eigenvalue weighted by atomic mass is 9.95. The van der Waals surface area contributed by atoms with Crippen molar-refractivity contribution < 1.29 is 14.7 Å². The third-order valence-electron chi connectivity index (χ3n) is 3.73. The number of rotatable bonds is 3. The maximum Gasteiger partial charge on any atom is 0.307 e. The average Bonchev–Trinajstić information content (AvgIpc) is 2.82. The van der Waals surface area contributed by atoms with Gasteiger partial charge in [0.25, 0.3) is 0 Å². The van der Waals surface area contributed by atoms with E-state index in [0.29, 0.717) is 24.1 Å². The third kappa shape index (κ3) is 2.97. The normalized spacial score (nSPS) is 24.9. The van der Waals surface area contributed by atoms with Gasteiger partial charge in [-0.3, -0.25) is 9.59 Å². The molecule has 2 rings (SSSR count). The fraction of sp³-hybridized carbons (Fsp3) is 0.400. The highest BCUT2D eigenvalue weighted by molar-refractivity contribution is 5.95. The number of anilines is 1. The van der Waals surface area contributed by atoms with Crippen molar-refractivity contribution in [3.05, 3.63) is 29.8 Å². The highest BCUT2D eigenvalue weighted by Gasteiger charge is 2.41. The van der Waals surface area contributed by atoms with Crippen LogP contribution in [0, 0.1) is 29.1 Å². The fourth-order valence-corrected chi connectivity index (χ4v) is 2.72. The summed E-state index contributed by atoms with van der Waals surface area (Å²) >= 11 is 0. The van der Waals surface area contributed by atoms with E-state index in [1.165, 1.54) is 0 Å². The van der Waals surface area contributed by atoms with Crippen molar-refractivity contribution in [2.75, 3.05) is 5.32 Å². The molecule has 1 fully saturated rings. The number of amides is 1. The topological polar surface area (TPSA) is 90.2 Å². The van der Waals surface area contributed by atoms with Crippen LogP contribution in [0.5, 0.6) is 0 Å². The van der Waals surface area contributed by atoms with Crippen LogP contribution in [0.1, 0.15) is 25.3 Å². The van der Waals surface area contributed by atoms with Crippen molar-refractivity contribution in [1.29, 1.82) is 5.26 Å². The maximum absolute atomic E-state index is 12.2. The predicted octanol–water partition coefficient (Wildman–Crippen LogP) is 2.24. The van der Waals surface area contributed by atoms with Crippen LogP contribution in [0.3, 0.4) is 0 Å². The van der Waals surface area contributed by atoms with Gasteiger partial charge in [-0.25, -0.2) is 0 Å². The first-order valence-electron chi connectivity index (χ1n) is 6.55. The minimum Gasteiger partial charge on any atom is -0.481 e. The van der Waals surface area contributed by atoms with Gasteiger partial charge in [-0.15, -0.1) is 0 Å². The Bertz CT molecular complexity index is 559. The molecule has 0 aromatic heterocycles. The first-order chi connectivity index (χ1) is 9.51. The van der Waals surface area contributed by atoms with Gasteiger partial charge in [-0.2, -0.15) is 5.26 Å². The Kier molecular flexibility index (Phi) is 4.04. The number of carboxylic acid groups (broad SMARTS) is 1. The lowest BCUT2D eigenvalue weighted by Crippen LogP contribution is -2.29. The standard InChI is InChI=1S/C15H16N2O3/c1-9-6-12(13(7-9)15(19)20)14(18)17-11-4-2-10(8-16)3-5-11/h2-5,9,12-13H,6-7H2,1H3,(H,17,18)(H,19,20)/t9?,12-,13+/m0/s1. The van der Waals surface area contributed by atoms with Crippen LogP contribution in [0.25, 0.3) is 0 Å². The monoisotopic (exact) mass is 272 g/mol. The quantitative estimate of drug-likeness (QED) is 0.883.